The van der Waals surface area contributed by atoms with Gasteiger partial charge in [-0.25, -0.2) is 4.99 Å². The number of aromatic amines is 1. The molecule has 156 valence electrons. The first kappa shape index (κ1) is 20.5. The van der Waals surface area contributed by atoms with E-state index in [1.807, 2.05) is 42.5 Å². The lowest BCUT2D eigenvalue weighted by Gasteiger charge is -2.12. The van der Waals surface area contributed by atoms with Crippen molar-refractivity contribution in [3.63, 3.8) is 0 Å². The molecule has 8 heteroatoms. The van der Waals surface area contributed by atoms with Crippen LogP contribution < -0.4 is 21.5 Å². The second-order valence-corrected chi connectivity index (χ2v) is 7.42. The largest absolute Gasteiger partial charge is 0.494 e. The van der Waals surface area contributed by atoms with Crippen LogP contribution in [0.3, 0.4) is 0 Å². The lowest BCUT2D eigenvalue weighted by Crippen LogP contribution is -2.25. The van der Waals surface area contributed by atoms with Gasteiger partial charge in [0.1, 0.15) is 5.56 Å². The monoisotopic (exact) mass is 432 g/mol. The number of hydrogen-bond acceptors (Lipinski definition) is 5. The zero-order valence-electron chi connectivity index (χ0n) is 16.8. The molecule has 1 amide bonds. The summed E-state index contributed by atoms with van der Waals surface area (Å²) in [4.78, 5) is 31.2. The number of carbonyl (C=O) groups is 1. The second-order valence-electron chi connectivity index (χ2n) is 7.04. The number of fused-ring (bicyclic) bond motifs is 1. The number of hydrogen-bond donors (Lipinski definition) is 3. The van der Waals surface area contributed by atoms with Crippen molar-refractivity contribution in [2.45, 2.75) is 13.3 Å². The number of para-hydroxylation sites is 2. The third-order valence-corrected chi connectivity index (χ3v) is 5.23. The van der Waals surface area contributed by atoms with Crippen LogP contribution in [0.25, 0.3) is 17.3 Å². The highest BCUT2D eigenvalue weighted by Crippen LogP contribution is 2.25. The van der Waals surface area contributed by atoms with E-state index in [4.69, 9.17) is 12.2 Å². The first-order chi connectivity index (χ1) is 15.0. The van der Waals surface area contributed by atoms with Crippen LogP contribution in [0.4, 0.5) is 0 Å². The Balaban J connectivity index is 1.86. The molecule has 0 atom stereocenters. The number of aromatic hydroxyl groups is 1. The number of aromatic nitrogens is 2. The van der Waals surface area contributed by atoms with Crippen LogP contribution in [-0.2, 0) is 4.79 Å². The van der Waals surface area contributed by atoms with Gasteiger partial charge in [0.05, 0.1) is 16.7 Å². The summed E-state index contributed by atoms with van der Waals surface area (Å²) in [7, 11) is 0. The Morgan fingerprint density at radius 2 is 1.90 bits per heavy atom. The van der Waals surface area contributed by atoms with Crippen LogP contribution in [0, 0.1) is 4.77 Å². The minimum Gasteiger partial charge on any atom is -0.494 e. The quantitative estimate of drug-likeness (QED) is 0.537. The highest BCUT2D eigenvalue weighted by atomic mass is 32.1. The molecule has 0 spiro atoms. The molecule has 3 N–H and O–H groups in total. The predicted molar refractivity (Wildman–Crippen MR) is 121 cm³/mol. The van der Waals surface area contributed by atoms with E-state index in [0.29, 0.717) is 24.4 Å². The van der Waals surface area contributed by atoms with Gasteiger partial charge in [0.25, 0.3) is 5.56 Å². The SMILES string of the molecule is CC(=O)NCCC1=c2ccccc2=N/C1=C\c1c(O)n(-c2ccccc2)c(=S)[nH]c1=O. The summed E-state index contributed by atoms with van der Waals surface area (Å²) >= 11 is 5.27. The van der Waals surface area contributed by atoms with E-state index in [1.165, 1.54) is 11.5 Å². The van der Waals surface area contributed by atoms with Crippen LogP contribution in [0.2, 0.25) is 0 Å². The summed E-state index contributed by atoms with van der Waals surface area (Å²) < 4.78 is 1.50. The third-order valence-electron chi connectivity index (χ3n) is 4.94. The fourth-order valence-corrected chi connectivity index (χ4v) is 3.81. The maximum absolute atomic E-state index is 12.7. The van der Waals surface area contributed by atoms with Crippen LogP contribution >= 0.6 is 12.2 Å². The fourth-order valence-electron chi connectivity index (χ4n) is 3.53. The maximum atomic E-state index is 12.7. The molecular formula is C23H20N4O3S. The Morgan fingerprint density at radius 1 is 1.19 bits per heavy atom. The highest BCUT2D eigenvalue weighted by Gasteiger charge is 2.17. The van der Waals surface area contributed by atoms with Crippen molar-refractivity contribution < 1.29 is 9.90 Å². The molecule has 7 nitrogen and oxygen atoms in total. The number of H-pyrrole nitrogens is 1. The Morgan fingerprint density at radius 3 is 2.65 bits per heavy atom. The smallest absolute Gasteiger partial charge is 0.262 e. The van der Waals surface area contributed by atoms with Gasteiger partial charge in [-0.3, -0.25) is 19.1 Å². The number of nitrogens with one attached hydrogen (secondary N) is 2. The van der Waals surface area contributed by atoms with Gasteiger partial charge in [-0.2, -0.15) is 0 Å². The Bertz CT molecular complexity index is 1440. The van der Waals surface area contributed by atoms with Crippen LogP contribution in [0.15, 0.2) is 70.1 Å². The fraction of sp³-hybridized carbons (Fsp3) is 0.130. The first-order valence-electron chi connectivity index (χ1n) is 9.73. The molecule has 1 aromatic heterocycles. The normalized spacial score (nSPS) is 13.7. The number of allylic oxidation sites excluding steroid dienone is 1. The standard InChI is InChI=1S/C23H20N4O3S/c1-14(28)24-12-11-17-16-9-5-6-10-19(16)25-20(17)13-18-21(29)26-23(31)27(22(18)30)15-7-3-2-4-8-15/h2-10,13,30H,11-12H2,1H3,(H,24,28)(H,26,29,31)/b20-13-. The van der Waals surface area contributed by atoms with Crippen molar-refractivity contribution in [1.29, 1.82) is 0 Å². The van der Waals surface area contributed by atoms with E-state index < -0.39 is 5.56 Å². The molecule has 0 saturated heterocycles. The summed E-state index contributed by atoms with van der Waals surface area (Å²) in [6.07, 6.45) is 2.09. The highest BCUT2D eigenvalue weighted by molar-refractivity contribution is 7.71. The lowest BCUT2D eigenvalue weighted by atomic mass is 10.1. The topological polar surface area (TPSA) is 99.5 Å². The van der Waals surface area contributed by atoms with Gasteiger partial charge >= 0.3 is 0 Å². The number of nitrogens with zero attached hydrogens (tertiary/aromatic N) is 2. The Kier molecular flexibility index (Phi) is 5.64. The molecule has 2 aromatic carbocycles. The number of amides is 1. The van der Waals surface area contributed by atoms with Crippen LogP contribution in [0.1, 0.15) is 18.9 Å². The minimum atomic E-state index is -0.505. The lowest BCUT2D eigenvalue weighted by molar-refractivity contribution is -0.118. The molecule has 1 aliphatic heterocycles. The zero-order valence-corrected chi connectivity index (χ0v) is 17.6. The second kappa shape index (κ2) is 8.53. The van der Waals surface area contributed by atoms with Crippen molar-refractivity contribution in [1.82, 2.24) is 14.9 Å². The van der Waals surface area contributed by atoms with Gasteiger partial charge in [-0.15, -0.1) is 0 Å². The van der Waals surface area contributed by atoms with E-state index in [0.717, 1.165) is 16.1 Å². The number of rotatable bonds is 5. The summed E-state index contributed by atoms with van der Waals surface area (Å²) in [6, 6.07) is 16.7. The predicted octanol–water partition coefficient (Wildman–Crippen LogP) is 1.95. The molecule has 0 saturated carbocycles. The van der Waals surface area contributed by atoms with Gasteiger partial charge in [-0.1, -0.05) is 36.4 Å². The summed E-state index contributed by atoms with van der Waals surface area (Å²) in [5.41, 5.74) is 1.62. The summed E-state index contributed by atoms with van der Waals surface area (Å²) in [5, 5.41) is 15.4. The van der Waals surface area contributed by atoms with E-state index >= 15 is 0 Å². The molecule has 0 unspecified atom stereocenters. The van der Waals surface area contributed by atoms with Gasteiger partial charge in [-0.05, 0) is 48.5 Å². The maximum Gasteiger partial charge on any atom is 0.262 e. The average Bonchev–Trinajstić information content (AvgIpc) is 3.09. The van der Waals surface area contributed by atoms with Crippen molar-refractivity contribution in [2.75, 3.05) is 6.54 Å². The van der Waals surface area contributed by atoms with Gasteiger partial charge in [0.15, 0.2) is 4.77 Å². The first-order valence-corrected chi connectivity index (χ1v) is 10.1. The summed E-state index contributed by atoms with van der Waals surface area (Å²) in [6.45, 7) is 1.90. The molecule has 0 fully saturated rings. The summed E-state index contributed by atoms with van der Waals surface area (Å²) in [5.74, 6) is -0.381. The molecule has 4 rings (SSSR count). The molecule has 2 heterocycles. The van der Waals surface area contributed by atoms with Crippen molar-refractivity contribution in [3.05, 3.63) is 91.6 Å². The van der Waals surface area contributed by atoms with Gasteiger partial charge in [0.2, 0.25) is 11.8 Å². The van der Waals surface area contributed by atoms with E-state index in [9.17, 15) is 14.7 Å². The van der Waals surface area contributed by atoms with Gasteiger partial charge < -0.3 is 10.4 Å². The van der Waals surface area contributed by atoms with Crippen LogP contribution in [-0.4, -0.2) is 27.1 Å². The Labute approximate surface area is 182 Å². The third kappa shape index (κ3) is 4.10. The number of benzene rings is 2. The minimum absolute atomic E-state index is 0.0565. The van der Waals surface area contributed by atoms with E-state index in [-0.39, 0.29) is 22.1 Å². The molecule has 1 aliphatic rings. The molecule has 0 aliphatic carbocycles. The van der Waals surface area contributed by atoms with E-state index in [1.54, 1.807) is 18.2 Å². The van der Waals surface area contributed by atoms with Crippen molar-refractivity contribution in [2.24, 2.45) is 4.99 Å². The van der Waals surface area contributed by atoms with Gasteiger partial charge in [0, 0.05) is 18.7 Å². The van der Waals surface area contributed by atoms with Crippen LogP contribution in [0.5, 0.6) is 5.88 Å². The van der Waals surface area contributed by atoms with Crippen molar-refractivity contribution >= 4 is 29.8 Å². The average molecular weight is 433 g/mol. The molecule has 31 heavy (non-hydrogen) atoms. The molecule has 0 radical (unpaired) electrons. The Hall–Kier alpha value is -3.78. The molecule has 0 bridgehead atoms. The van der Waals surface area contributed by atoms with Crippen molar-refractivity contribution in [3.8, 4) is 11.6 Å². The molecular weight excluding hydrogens is 412 g/mol. The zero-order chi connectivity index (χ0) is 22.0. The molecule has 3 aromatic rings. The van der Waals surface area contributed by atoms with E-state index in [2.05, 4.69) is 15.3 Å². The number of carbonyl (C=O) groups excluding carboxylic acids is 1.